The van der Waals surface area contributed by atoms with Gasteiger partial charge in [-0.3, -0.25) is 9.78 Å². The largest absolute Gasteiger partial charge is 0.486 e. The Labute approximate surface area is 152 Å². The molecule has 2 heterocycles. The van der Waals surface area contributed by atoms with Crippen molar-refractivity contribution < 1.29 is 9.53 Å². The Morgan fingerprint density at radius 3 is 3.00 bits per heavy atom. The van der Waals surface area contributed by atoms with E-state index in [0.29, 0.717) is 35.4 Å². The quantitative estimate of drug-likeness (QED) is 0.792. The van der Waals surface area contributed by atoms with E-state index in [-0.39, 0.29) is 5.91 Å². The molecule has 5 nitrogen and oxygen atoms in total. The molecule has 0 radical (unpaired) electrons. The number of carbonyl (C=O) groups excluding carboxylic acids is 1. The molecule has 132 valence electrons. The van der Waals surface area contributed by atoms with E-state index >= 15 is 0 Å². The first-order valence-electron chi connectivity index (χ1n) is 8.53. The molecule has 2 N–H and O–H groups in total. The van der Waals surface area contributed by atoms with E-state index in [1.807, 2.05) is 18.2 Å². The van der Waals surface area contributed by atoms with Crippen LogP contribution in [0.15, 0.2) is 42.6 Å². The topological polar surface area (TPSA) is 63.2 Å². The number of pyridine rings is 1. The number of benzene rings is 1. The van der Waals surface area contributed by atoms with Crippen molar-refractivity contribution in [1.82, 2.24) is 10.3 Å². The molecule has 0 spiro atoms. The average Bonchev–Trinajstić information content (AvgIpc) is 3.14. The van der Waals surface area contributed by atoms with Gasteiger partial charge < -0.3 is 15.4 Å². The first-order chi connectivity index (χ1) is 12.2. The van der Waals surface area contributed by atoms with Gasteiger partial charge in [-0.25, -0.2) is 0 Å². The molecule has 1 fully saturated rings. The van der Waals surface area contributed by atoms with Crippen LogP contribution >= 0.6 is 11.6 Å². The van der Waals surface area contributed by atoms with E-state index in [9.17, 15) is 4.79 Å². The standard InChI is InChI=1S/C19H22ClN3O2/c20-17-11-15(23-19(24)7-4-14-8-10-21-12-14)5-6-18(17)25-13-16-3-1-2-9-22-16/h1-3,5-6,9,11,14,21H,4,7-8,10,12-13H2,(H,23,24). The molecular weight excluding hydrogens is 338 g/mol. The Morgan fingerprint density at radius 1 is 1.36 bits per heavy atom. The molecule has 1 aliphatic rings. The lowest BCUT2D eigenvalue weighted by atomic mass is 10.0. The van der Waals surface area contributed by atoms with Gasteiger partial charge in [-0.2, -0.15) is 0 Å². The molecule has 1 saturated heterocycles. The summed E-state index contributed by atoms with van der Waals surface area (Å²) >= 11 is 6.25. The number of ether oxygens (including phenoxy) is 1. The lowest BCUT2D eigenvalue weighted by Gasteiger charge is -2.11. The number of amides is 1. The highest BCUT2D eigenvalue weighted by Crippen LogP contribution is 2.28. The van der Waals surface area contributed by atoms with Gasteiger partial charge in [0.2, 0.25) is 5.91 Å². The second-order valence-corrected chi connectivity index (χ2v) is 6.61. The average molecular weight is 360 g/mol. The summed E-state index contributed by atoms with van der Waals surface area (Å²) in [6.45, 7) is 2.42. The van der Waals surface area contributed by atoms with Crippen LogP contribution in [0.5, 0.6) is 5.75 Å². The van der Waals surface area contributed by atoms with E-state index in [0.717, 1.165) is 31.6 Å². The van der Waals surface area contributed by atoms with Crippen molar-refractivity contribution in [2.45, 2.75) is 25.9 Å². The molecule has 25 heavy (non-hydrogen) atoms. The second-order valence-electron chi connectivity index (χ2n) is 6.20. The third-order valence-electron chi connectivity index (χ3n) is 4.26. The maximum Gasteiger partial charge on any atom is 0.224 e. The molecule has 1 unspecified atom stereocenters. The molecule has 1 aliphatic heterocycles. The SMILES string of the molecule is O=C(CCC1CCNC1)Nc1ccc(OCc2ccccn2)c(Cl)c1. The van der Waals surface area contributed by atoms with Crippen molar-refractivity contribution >= 4 is 23.2 Å². The number of carbonyl (C=O) groups is 1. The van der Waals surface area contributed by atoms with Crippen LogP contribution in [0, 0.1) is 5.92 Å². The van der Waals surface area contributed by atoms with Crippen molar-refractivity contribution in [3.8, 4) is 5.75 Å². The van der Waals surface area contributed by atoms with Crippen LogP contribution in [0.2, 0.25) is 5.02 Å². The fraction of sp³-hybridized carbons (Fsp3) is 0.368. The maximum absolute atomic E-state index is 12.1. The normalized spacial score (nSPS) is 16.6. The van der Waals surface area contributed by atoms with Gasteiger partial charge in [0.25, 0.3) is 0 Å². The van der Waals surface area contributed by atoms with Gasteiger partial charge in [-0.15, -0.1) is 0 Å². The van der Waals surface area contributed by atoms with E-state index in [2.05, 4.69) is 15.6 Å². The van der Waals surface area contributed by atoms with Crippen molar-refractivity contribution in [1.29, 1.82) is 0 Å². The van der Waals surface area contributed by atoms with Crippen LogP contribution in [0.1, 0.15) is 25.0 Å². The molecular formula is C19H22ClN3O2. The Kier molecular flexibility index (Phi) is 6.25. The monoisotopic (exact) mass is 359 g/mol. The van der Waals surface area contributed by atoms with E-state index in [4.69, 9.17) is 16.3 Å². The summed E-state index contributed by atoms with van der Waals surface area (Å²) in [5.74, 6) is 1.20. The van der Waals surface area contributed by atoms with Crippen molar-refractivity contribution in [2.24, 2.45) is 5.92 Å². The molecule has 1 aromatic carbocycles. The van der Waals surface area contributed by atoms with Crippen LogP contribution in [-0.2, 0) is 11.4 Å². The summed E-state index contributed by atoms with van der Waals surface area (Å²) in [6, 6.07) is 10.9. The van der Waals surface area contributed by atoms with E-state index < -0.39 is 0 Å². The molecule has 6 heteroatoms. The number of hydrogen-bond acceptors (Lipinski definition) is 4. The van der Waals surface area contributed by atoms with Crippen LogP contribution in [0.4, 0.5) is 5.69 Å². The van der Waals surface area contributed by atoms with Gasteiger partial charge in [0.05, 0.1) is 10.7 Å². The summed E-state index contributed by atoms with van der Waals surface area (Å²) in [5, 5.41) is 6.68. The van der Waals surface area contributed by atoms with Gasteiger partial charge in [0.15, 0.2) is 0 Å². The summed E-state index contributed by atoms with van der Waals surface area (Å²) in [7, 11) is 0. The first kappa shape index (κ1) is 17.7. The van der Waals surface area contributed by atoms with E-state index in [1.54, 1.807) is 24.4 Å². The minimum atomic E-state index is 0.0186. The highest BCUT2D eigenvalue weighted by Gasteiger charge is 2.16. The highest BCUT2D eigenvalue weighted by molar-refractivity contribution is 6.32. The summed E-state index contributed by atoms with van der Waals surface area (Å²) in [4.78, 5) is 16.3. The zero-order valence-corrected chi connectivity index (χ0v) is 14.8. The van der Waals surface area contributed by atoms with Gasteiger partial charge in [0.1, 0.15) is 12.4 Å². The Hall–Kier alpha value is -2.11. The molecule has 1 atom stereocenters. The number of nitrogens with one attached hydrogen (secondary N) is 2. The number of aromatic nitrogens is 1. The molecule has 0 bridgehead atoms. The summed E-state index contributed by atoms with van der Waals surface area (Å²) in [5.41, 5.74) is 1.52. The number of nitrogens with zero attached hydrogens (tertiary/aromatic N) is 1. The molecule has 1 amide bonds. The predicted molar refractivity (Wildman–Crippen MR) is 98.9 cm³/mol. The van der Waals surface area contributed by atoms with Gasteiger partial charge in [-0.05, 0) is 62.2 Å². The fourth-order valence-corrected chi connectivity index (χ4v) is 3.09. The van der Waals surface area contributed by atoms with Gasteiger partial charge in [0, 0.05) is 18.3 Å². The molecule has 3 rings (SSSR count). The van der Waals surface area contributed by atoms with E-state index in [1.165, 1.54) is 0 Å². The zero-order chi connectivity index (χ0) is 17.5. The Morgan fingerprint density at radius 2 is 2.28 bits per heavy atom. The predicted octanol–water partition coefficient (Wildman–Crippen LogP) is 3.64. The fourth-order valence-electron chi connectivity index (χ4n) is 2.85. The third kappa shape index (κ3) is 5.44. The van der Waals surface area contributed by atoms with Crippen LogP contribution < -0.4 is 15.4 Å². The highest BCUT2D eigenvalue weighted by atomic mass is 35.5. The van der Waals surface area contributed by atoms with Crippen molar-refractivity contribution in [3.05, 3.63) is 53.3 Å². The first-order valence-corrected chi connectivity index (χ1v) is 8.91. The maximum atomic E-state index is 12.1. The zero-order valence-electron chi connectivity index (χ0n) is 14.0. The van der Waals surface area contributed by atoms with Crippen molar-refractivity contribution in [3.63, 3.8) is 0 Å². The molecule has 0 saturated carbocycles. The lowest BCUT2D eigenvalue weighted by Crippen LogP contribution is -2.15. The minimum absolute atomic E-state index is 0.0186. The Balaban J connectivity index is 1.49. The van der Waals surface area contributed by atoms with Crippen LogP contribution in [0.3, 0.4) is 0 Å². The van der Waals surface area contributed by atoms with Crippen molar-refractivity contribution in [2.75, 3.05) is 18.4 Å². The summed E-state index contributed by atoms with van der Waals surface area (Å²) in [6.07, 6.45) is 4.32. The second kappa shape index (κ2) is 8.83. The molecule has 1 aromatic heterocycles. The summed E-state index contributed by atoms with van der Waals surface area (Å²) < 4.78 is 5.68. The number of rotatable bonds is 7. The van der Waals surface area contributed by atoms with Crippen LogP contribution in [-0.4, -0.2) is 24.0 Å². The Bertz CT molecular complexity index is 703. The van der Waals surface area contributed by atoms with Gasteiger partial charge in [-0.1, -0.05) is 17.7 Å². The lowest BCUT2D eigenvalue weighted by molar-refractivity contribution is -0.116. The number of hydrogen-bond donors (Lipinski definition) is 2. The van der Waals surface area contributed by atoms with Gasteiger partial charge >= 0.3 is 0 Å². The smallest absolute Gasteiger partial charge is 0.224 e. The minimum Gasteiger partial charge on any atom is -0.486 e. The third-order valence-corrected chi connectivity index (χ3v) is 4.55. The number of anilines is 1. The number of halogens is 1. The molecule has 0 aliphatic carbocycles. The molecule has 2 aromatic rings. The van der Waals surface area contributed by atoms with Crippen LogP contribution in [0.25, 0.3) is 0 Å².